The van der Waals surface area contributed by atoms with Crippen molar-refractivity contribution in [1.29, 1.82) is 0 Å². The fourth-order valence-electron chi connectivity index (χ4n) is 1.33. The molecule has 0 heterocycles. The van der Waals surface area contributed by atoms with Gasteiger partial charge in [0.15, 0.2) is 5.11 Å². The van der Waals surface area contributed by atoms with Crippen molar-refractivity contribution in [2.75, 3.05) is 13.2 Å². The van der Waals surface area contributed by atoms with Crippen LogP contribution in [0.25, 0.3) is 0 Å². The molecule has 1 aromatic rings. The van der Waals surface area contributed by atoms with Crippen LogP contribution in [-0.2, 0) is 0 Å². The molecule has 0 fully saturated rings. The first-order valence-electron chi connectivity index (χ1n) is 6.03. The molecule has 0 aliphatic rings. The Bertz CT molecular complexity index is 432. The topological polar surface area (TPSA) is 70.6 Å². The zero-order valence-corrected chi connectivity index (χ0v) is 11.8. The van der Waals surface area contributed by atoms with Crippen LogP contribution in [0, 0.1) is 0 Å². The fraction of sp³-hybridized carbons (Fsp3) is 0.385. The molecule has 5 nitrogen and oxygen atoms in total. The maximum absolute atomic E-state index is 11.8. The van der Waals surface area contributed by atoms with Crippen LogP contribution in [0.2, 0.25) is 0 Å². The first-order valence-corrected chi connectivity index (χ1v) is 6.44. The van der Waals surface area contributed by atoms with Crippen molar-refractivity contribution in [3.63, 3.8) is 0 Å². The van der Waals surface area contributed by atoms with Gasteiger partial charge < -0.3 is 15.2 Å². The van der Waals surface area contributed by atoms with E-state index < -0.39 is 6.10 Å². The Morgan fingerprint density at radius 1 is 1.42 bits per heavy atom. The minimum atomic E-state index is -0.527. The molecule has 1 aromatic carbocycles. The molecule has 0 saturated carbocycles. The number of rotatable bonds is 5. The van der Waals surface area contributed by atoms with Crippen molar-refractivity contribution in [3.8, 4) is 5.75 Å². The fourth-order valence-corrected chi connectivity index (χ4v) is 1.51. The van der Waals surface area contributed by atoms with E-state index in [0.29, 0.717) is 24.5 Å². The maximum Gasteiger partial charge on any atom is 0.257 e. The Morgan fingerprint density at radius 2 is 2.05 bits per heavy atom. The quantitative estimate of drug-likeness (QED) is 0.705. The molecule has 104 valence electrons. The third-order valence-corrected chi connectivity index (χ3v) is 2.46. The van der Waals surface area contributed by atoms with Crippen molar-refractivity contribution in [3.05, 3.63) is 29.8 Å². The average Bonchev–Trinajstić information content (AvgIpc) is 2.37. The molecule has 0 aliphatic carbocycles. The number of benzene rings is 1. The second kappa shape index (κ2) is 7.70. The lowest BCUT2D eigenvalue weighted by molar-refractivity contribution is 0.0976. The minimum absolute atomic E-state index is 0.194. The molecule has 0 radical (unpaired) electrons. The molecule has 1 amide bonds. The van der Waals surface area contributed by atoms with Gasteiger partial charge in [0.25, 0.3) is 5.91 Å². The van der Waals surface area contributed by atoms with Crippen LogP contribution < -0.4 is 15.4 Å². The molecule has 1 atom stereocenters. The van der Waals surface area contributed by atoms with Gasteiger partial charge in [-0.1, -0.05) is 0 Å². The van der Waals surface area contributed by atoms with Gasteiger partial charge in [-0.3, -0.25) is 10.1 Å². The lowest BCUT2D eigenvalue weighted by Gasteiger charge is -2.11. The monoisotopic (exact) mass is 282 g/mol. The van der Waals surface area contributed by atoms with E-state index in [4.69, 9.17) is 22.1 Å². The highest BCUT2D eigenvalue weighted by molar-refractivity contribution is 7.80. The summed E-state index contributed by atoms with van der Waals surface area (Å²) in [5, 5.41) is 14.6. The number of hydrogen-bond acceptors (Lipinski definition) is 4. The molecule has 3 N–H and O–H groups in total. The normalized spacial score (nSPS) is 11.5. The standard InChI is InChI=1S/C13H18N2O3S/c1-3-18-11-6-4-10(5-7-11)12(17)15-13(19)14-8-9(2)16/h4-7,9,16H,3,8H2,1-2H3,(H2,14,15,17,19). The summed E-state index contributed by atoms with van der Waals surface area (Å²) >= 11 is 4.94. The molecule has 0 aromatic heterocycles. The van der Waals surface area contributed by atoms with E-state index in [2.05, 4.69) is 10.6 Å². The Hall–Kier alpha value is -1.66. The molecule has 1 rings (SSSR count). The third kappa shape index (κ3) is 5.67. The number of ether oxygens (including phenoxy) is 1. The van der Waals surface area contributed by atoms with Gasteiger partial charge in [-0.25, -0.2) is 0 Å². The summed E-state index contributed by atoms with van der Waals surface area (Å²) in [6.07, 6.45) is -0.527. The van der Waals surface area contributed by atoms with E-state index >= 15 is 0 Å². The zero-order valence-electron chi connectivity index (χ0n) is 11.0. The lowest BCUT2D eigenvalue weighted by Crippen LogP contribution is -2.41. The molecule has 0 spiro atoms. The lowest BCUT2D eigenvalue weighted by atomic mass is 10.2. The second-order valence-corrected chi connectivity index (χ2v) is 4.38. The van der Waals surface area contributed by atoms with Crippen LogP contribution in [0.1, 0.15) is 24.2 Å². The van der Waals surface area contributed by atoms with Crippen LogP contribution in [0.15, 0.2) is 24.3 Å². The Morgan fingerprint density at radius 3 is 2.58 bits per heavy atom. The van der Waals surface area contributed by atoms with Gasteiger partial charge in [-0.2, -0.15) is 0 Å². The first kappa shape index (κ1) is 15.4. The summed E-state index contributed by atoms with van der Waals surface area (Å²) in [5.41, 5.74) is 0.490. The number of carbonyl (C=O) groups excluding carboxylic acids is 1. The van der Waals surface area contributed by atoms with Crippen LogP contribution in [0.4, 0.5) is 0 Å². The molecule has 0 saturated heterocycles. The summed E-state index contributed by atoms with van der Waals surface area (Å²) < 4.78 is 5.29. The zero-order chi connectivity index (χ0) is 14.3. The highest BCUT2D eigenvalue weighted by atomic mass is 32.1. The number of aliphatic hydroxyl groups excluding tert-OH is 1. The number of hydrogen-bond donors (Lipinski definition) is 3. The number of amides is 1. The van der Waals surface area contributed by atoms with Crippen molar-refractivity contribution >= 4 is 23.2 Å². The van der Waals surface area contributed by atoms with Gasteiger partial charge >= 0.3 is 0 Å². The van der Waals surface area contributed by atoms with Gasteiger partial charge in [-0.15, -0.1) is 0 Å². The SMILES string of the molecule is CCOc1ccc(C(=O)NC(=S)NCC(C)O)cc1. The number of aliphatic hydroxyl groups is 1. The van der Waals surface area contributed by atoms with Crippen LogP contribution >= 0.6 is 12.2 Å². The van der Waals surface area contributed by atoms with Crippen molar-refractivity contribution in [1.82, 2.24) is 10.6 Å². The molecular formula is C13H18N2O3S. The van der Waals surface area contributed by atoms with E-state index in [1.807, 2.05) is 6.92 Å². The van der Waals surface area contributed by atoms with E-state index in [1.165, 1.54) is 0 Å². The predicted molar refractivity (Wildman–Crippen MR) is 77.4 cm³/mol. The molecule has 19 heavy (non-hydrogen) atoms. The van der Waals surface area contributed by atoms with Crippen molar-refractivity contribution in [2.24, 2.45) is 0 Å². The smallest absolute Gasteiger partial charge is 0.257 e. The molecular weight excluding hydrogens is 264 g/mol. The van der Waals surface area contributed by atoms with Gasteiger partial charge in [-0.05, 0) is 50.3 Å². The molecule has 0 aliphatic heterocycles. The van der Waals surface area contributed by atoms with Crippen LogP contribution in [0.5, 0.6) is 5.75 Å². The Labute approximate surface area is 118 Å². The third-order valence-electron chi connectivity index (χ3n) is 2.21. The van der Waals surface area contributed by atoms with Crippen molar-refractivity contribution in [2.45, 2.75) is 20.0 Å². The largest absolute Gasteiger partial charge is 0.494 e. The van der Waals surface area contributed by atoms with Crippen LogP contribution in [-0.4, -0.2) is 35.4 Å². The molecule has 6 heteroatoms. The van der Waals surface area contributed by atoms with E-state index in [0.717, 1.165) is 0 Å². The molecule has 0 bridgehead atoms. The van der Waals surface area contributed by atoms with Gasteiger partial charge in [0.1, 0.15) is 5.75 Å². The highest BCUT2D eigenvalue weighted by Gasteiger charge is 2.08. The summed E-state index contributed by atoms with van der Waals surface area (Å²) in [6.45, 7) is 4.40. The Balaban J connectivity index is 2.51. The van der Waals surface area contributed by atoms with Gasteiger partial charge in [0.2, 0.25) is 0 Å². The average molecular weight is 282 g/mol. The van der Waals surface area contributed by atoms with Gasteiger partial charge in [0.05, 0.1) is 12.7 Å². The minimum Gasteiger partial charge on any atom is -0.494 e. The number of nitrogens with one attached hydrogen (secondary N) is 2. The predicted octanol–water partition coefficient (Wildman–Crippen LogP) is 1.07. The maximum atomic E-state index is 11.8. The molecule has 1 unspecified atom stereocenters. The Kier molecular flexibility index (Phi) is 6.24. The van der Waals surface area contributed by atoms with E-state index in [-0.39, 0.29) is 11.0 Å². The van der Waals surface area contributed by atoms with E-state index in [9.17, 15) is 4.79 Å². The number of carbonyl (C=O) groups is 1. The number of thiocarbonyl (C=S) groups is 1. The first-order chi connectivity index (χ1) is 9.02. The second-order valence-electron chi connectivity index (χ2n) is 3.97. The van der Waals surface area contributed by atoms with Crippen LogP contribution in [0.3, 0.4) is 0 Å². The summed E-state index contributed by atoms with van der Waals surface area (Å²) in [5.74, 6) is 0.417. The summed E-state index contributed by atoms with van der Waals surface area (Å²) in [6, 6.07) is 6.78. The highest BCUT2D eigenvalue weighted by Crippen LogP contribution is 2.11. The van der Waals surface area contributed by atoms with E-state index in [1.54, 1.807) is 31.2 Å². The summed E-state index contributed by atoms with van der Waals surface area (Å²) in [4.78, 5) is 11.8. The summed E-state index contributed by atoms with van der Waals surface area (Å²) in [7, 11) is 0. The van der Waals surface area contributed by atoms with Crippen molar-refractivity contribution < 1.29 is 14.6 Å². The van der Waals surface area contributed by atoms with Gasteiger partial charge in [0, 0.05) is 12.1 Å².